The van der Waals surface area contributed by atoms with E-state index >= 15 is 0 Å². The lowest BCUT2D eigenvalue weighted by atomic mass is 10.1. The summed E-state index contributed by atoms with van der Waals surface area (Å²) in [6, 6.07) is 10.1. The highest BCUT2D eigenvalue weighted by molar-refractivity contribution is 5.90. The third kappa shape index (κ3) is 2.60. The molecule has 0 N–H and O–H groups in total. The van der Waals surface area contributed by atoms with Gasteiger partial charge in [0.25, 0.3) is 0 Å². The number of cyclic esters (lactones) is 1. The van der Waals surface area contributed by atoms with Crippen LogP contribution in [0.3, 0.4) is 0 Å². The van der Waals surface area contributed by atoms with Crippen molar-refractivity contribution in [2.24, 2.45) is 0 Å². The van der Waals surface area contributed by atoms with Gasteiger partial charge in [0.05, 0.1) is 0 Å². The predicted octanol–water partition coefficient (Wildman–Crippen LogP) is 2.96. The molecule has 0 radical (unpaired) electrons. The number of hydrogen-bond acceptors (Lipinski definition) is 2. The molecule has 1 heterocycles. The number of ether oxygens (including phenoxy) is 1. The molecule has 0 spiro atoms. The highest BCUT2D eigenvalue weighted by Gasteiger charge is 2.20. The Bertz CT molecular complexity index is 429. The molecule has 1 atom stereocenters. The second kappa shape index (κ2) is 4.79. The first kappa shape index (κ1) is 10.7. The summed E-state index contributed by atoms with van der Waals surface area (Å²) in [5.74, 6) is -0.196. The van der Waals surface area contributed by atoms with Crippen LogP contribution >= 0.6 is 0 Å². The van der Waals surface area contributed by atoms with E-state index in [0.29, 0.717) is 5.57 Å². The van der Waals surface area contributed by atoms with Crippen molar-refractivity contribution in [2.75, 3.05) is 0 Å². The molecule has 0 fully saturated rings. The standard InChI is InChI=1S/C14H14O2/c1-11-10-13(16-14(11)15)9-5-8-12-6-3-2-4-7-12/h2-8,10,13H,9H2,1H3/b8-5+/t13-/m0/s1. The zero-order valence-corrected chi connectivity index (χ0v) is 9.22. The van der Waals surface area contributed by atoms with E-state index in [2.05, 4.69) is 0 Å². The fourth-order valence-electron chi connectivity index (χ4n) is 1.63. The van der Waals surface area contributed by atoms with E-state index in [1.807, 2.05) is 48.6 Å². The lowest BCUT2D eigenvalue weighted by Gasteiger charge is -2.03. The summed E-state index contributed by atoms with van der Waals surface area (Å²) in [5.41, 5.74) is 1.87. The first-order valence-electron chi connectivity index (χ1n) is 5.37. The topological polar surface area (TPSA) is 26.3 Å². The van der Waals surface area contributed by atoms with E-state index in [1.165, 1.54) is 0 Å². The third-order valence-electron chi connectivity index (χ3n) is 2.49. The minimum atomic E-state index is -0.196. The van der Waals surface area contributed by atoms with Crippen molar-refractivity contribution in [2.45, 2.75) is 19.4 Å². The van der Waals surface area contributed by atoms with Crippen molar-refractivity contribution in [3.05, 3.63) is 53.6 Å². The summed E-state index contributed by atoms with van der Waals surface area (Å²) < 4.78 is 5.13. The van der Waals surface area contributed by atoms with E-state index in [1.54, 1.807) is 6.92 Å². The minimum Gasteiger partial charge on any atom is -0.454 e. The summed E-state index contributed by atoms with van der Waals surface area (Å²) in [5, 5.41) is 0. The first-order valence-corrected chi connectivity index (χ1v) is 5.37. The summed E-state index contributed by atoms with van der Waals surface area (Å²) in [6.45, 7) is 1.78. The molecule has 1 aromatic rings. The smallest absolute Gasteiger partial charge is 0.334 e. The van der Waals surface area contributed by atoms with Crippen molar-refractivity contribution in [1.29, 1.82) is 0 Å². The minimum absolute atomic E-state index is 0.0903. The third-order valence-corrected chi connectivity index (χ3v) is 2.49. The van der Waals surface area contributed by atoms with Gasteiger partial charge >= 0.3 is 5.97 Å². The van der Waals surface area contributed by atoms with Gasteiger partial charge in [0.1, 0.15) is 6.10 Å². The Labute approximate surface area is 95.2 Å². The second-order valence-electron chi connectivity index (χ2n) is 3.84. The van der Waals surface area contributed by atoms with Crippen molar-refractivity contribution < 1.29 is 9.53 Å². The SMILES string of the molecule is CC1=C[C@H](C/C=C/c2ccccc2)OC1=O. The van der Waals surface area contributed by atoms with Crippen LogP contribution in [0, 0.1) is 0 Å². The molecule has 2 heteroatoms. The molecule has 1 aliphatic rings. The van der Waals surface area contributed by atoms with Gasteiger partial charge in [0, 0.05) is 12.0 Å². The predicted molar refractivity (Wildman–Crippen MR) is 63.7 cm³/mol. The molecule has 1 aliphatic heterocycles. The van der Waals surface area contributed by atoms with Gasteiger partial charge in [-0.3, -0.25) is 0 Å². The highest BCUT2D eigenvalue weighted by atomic mass is 16.5. The monoisotopic (exact) mass is 214 g/mol. The van der Waals surface area contributed by atoms with E-state index in [-0.39, 0.29) is 12.1 Å². The van der Waals surface area contributed by atoms with Crippen molar-refractivity contribution in [3.8, 4) is 0 Å². The van der Waals surface area contributed by atoms with Gasteiger partial charge in [-0.2, -0.15) is 0 Å². The number of hydrogen-bond donors (Lipinski definition) is 0. The van der Waals surface area contributed by atoms with Gasteiger partial charge in [-0.05, 0) is 18.6 Å². The summed E-state index contributed by atoms with van der Waals surface area (Å²) in [6.07, 6.45) is 6.58. The molecular formula is C14H14O2. The maximum atomic E-state index is 11.1. The molecule has 16 heavy (non-hydrogen) atoms. The molecule has 0 saturated carbocycles. The average Bonchev–Trinajstić information content (AvgIpc) is 2.60. The molecule has 0 bridgehead atoms. The molecule has 0 amide bonds. The van der Waals surface area contributed by atoms with Gasteiger partial charge in [0.15, 0.2) is 0 Å². The van der Waals surface area contributed by atoms with Crippen LogP contribution in [0.5, 0.6) is 0 Å². The molecule has 2 nitrogen and oxygen atoms in total. The summed E-state index contributed by atoms with van der Waals surface area (Å²) in [4.78, 5) is 11.1. The number of benzene rings is 1. The summed E-state index contributed by atoms with van der Waals surface area (Å²) >= 11 is 0. The van der Waals surface area contributed by atoms with Crippen LogP contribution in [0.1, 0.15) is 18.9 Å². The van der Waals surface area contributed by atoms with E-state index in [4.69, 9.17) is 4.74 Å². The molecule has 2 rings (SSSR count). The van der Waals surface area contributed by atoms with Crippen LogP contribution in [-0.4, -0.2) is 12.1 Å². The zero-order chi connectivity index (χ0) is 11.4. The molecule has 0 aliphatic carbocycles. The Hall–Kier alpha value is -1.83. The van der Waals surface area contributed by atoms with Gasteiger partial charge in [0.2, 0.25) is 0 Å². The van der Waals surface area contributed by atoms with Gasteiger partial charge in [-0.1, -0.05) is 42.5 Å². The van der Waals surface area contributed by atoms with Crippen molar-refractivity contribution in [1.82, 2.24) is 0 Å². The van der Waals surface area contributed by atoms with Gasteiger partial charge < -0.3 is 4.74 Å². The number of carbonyl (C=O) groups is 1. The fraction of sp³-hybridized carbons (Fsp3) is 0.214. The number of esters is 1. The fourth-order valence-corrected chi connectivity index (χ4v) is 1.63. The van der Waals surface area contributed by atoms with E-state index < -0.39 is 0 Å². The number of rotatable bonds is 3. The maximum absolute atomic E-state index is 11.1. The number of carbonyl (C=O) groups excluding carboxylic acids is 1. The van der Waals surface area contributed by atoms with Crippen LogP contribution in [-0.2, 0) is 9.53 Å². The lowest BCUT2D eigenvalue weighted by molar-refractivity contribution is -0.139. The Morgan fingerprint density at radius 1 is 1.31 bits per heavy atom. The molecular weight excluding hydrogens is 200 g/mol. The summed E-state index contributed by atoms with van der Waals surface area (Å²) in [7, 11) is 0. The highest BCUT2D eigenvalue weighted by Crippen LogP contribution is 2.16. The lowest BCUT2D eigenvalue weighted by Crippen LogP contribution is -2.06. The van der Waals surface area contributed by atoms with Crippen molar-refractivity contribution >= 4 is 12.0 Å². The second-order valence-corrected chi connectivity index (χ2v) is 3.84. The van der Waals surface area contributed by atoms with Gasteiger partial charge in [-0.25, -0.2) is 4.79 Å². The largest absolute Gasteiger partial charge is 0.454 e. The average molecular weight is 214 g/mol. The zero-order valence-electron chi connectivity index (χ0n) is 9.22. The van der Waals surface area contributed by atoms with Crippen LogP contribution < -0.4 is 0 Å². The molecule has 1 aromatic carbocycles. The Morgan fingerprint density at radius 3 is 2.69 bits per heavy atom. The first-order chi connectivity index (χ1) is 7.75. The van der Waals surface area contributed by atoms with Crippen LogP contribution in [0.2, 0.25) is 0 Å². The van der Waals surface area contributed by atoms with Crippen molar-refractivity contribution in [3.63, 3.8) is 0 Å². The normalized spacial score (nSPS) is 19.9. The van der Waals surface area contributed by atoms with Gasteiger partial charge in [-0.15, -0.1) is 0 Å². The molecule has 0 saturated heterocycles. The van der Waals surface area contributed by atoms with E-state index in [0.717, 1.165) is 12.0 Å². The quantitative estimate of drug-likeness (QED) is 0.723. The van der Waals surface area contributed by atoms with Crippen LogP contribution in [0.4, 0.5) is 0 Å². The van der Waals surface area contributed by atoms with Crippen LogP contribution in [0.25, 0.3) is 6.08 Å². The Kier molecular flexibility index (Phi) is 3.20. The molecule has 0 unspecified atom stereocenters. The Morgan fingerprint density at radius 2 is 2.06 bits per heavy atom. The molecule has 0 aromatic heterocycles. The van der Waals surface area contributed by atoms with E-state index in [9.17, 15) is 4.79 Å². The van der Waals surface area contributed by atoms with Crippen LogP contribution in [0.15, 0.2) is 48.1 Å². The maximum Gasteiger partial charge on any atom is 0.334 e. The Balaban J connectivity index is 1.89. The molecule has 82 valence electrons.